The minimum Gasteiger partial charge on any atom is -0.504 e. The smallest absolute Gasteiger partial charge is 0.325 e. The van der Waals surface area contributed by atoms with E-state index in [9.17, 15) is 39.9 Å². The van der Waals surface area contributed by atoms with Crippen LogP contribution in [0.2, 0.25) is 0 Å². The van der Waals surface area contributed by atoms with E-state index in [1.54, 1.807) is 0 Å². The minimum atomic E-state index is -2.35. The first kappa shape index (κ1) is 26.2. The van der Waals surface area contributed by atoms with Crippen molar-refractivity contribution in [3.8, 4) is 23.0 Å². The van der Waals surface area contributed by atoms with Gasteiger partial charge >= 0.3 is 5.97 Å². The molecule has 0 atom stereocenters. The van der Waals surface area contributed by atoms with Crippen LogP contribution in [0.4, 0.5) is 0 Å². The van der Waals surface area contributed by atoms with Gasteiger partial charge in [0.1, 0.15) is 0 Å². The molecule has 2 aromatic carbocycles. The average Bonchev–Trinajstić information content (AvgIpc) is 2.80. The summed E-state index contributed by atoms with van der Waals surface area (Å²) in [4.78, 5) is 38.6. The summed E-state index contributed by atoms with van der Waals surface area (Å²) in [6, 6.07) is 7.66. The fraction of sp³-hybridized carbons (Fsp3) is 0.269. The van der Waals surface area contributed by atoms with E-state index >= 15 is 0 Å². The van der Waals surface area contributed by atoms with Crippen LogP contribution in [-0.4, -0.2) is 43.1 Å². The monoisotopic (exact) mass is 468 g/mol. The van der Waals surface area contributed by atoms with Gasteiger partial charge in [0.05, 0.1) is 0 Å². The number of phenols is 4. The molecule has 5 N–H and O–H groups in total. The maximum atomic E-state index is 13.1. The average molecular weight is 469 g/mol. The molecule has 0 saturated carbocycles. The molecule has 0 saturated heterocycles. The topological polar surface area (TPSA) is 152 Å². The van der Waals surface area contributed by atoms with Crippen molar-refractivity contribution in [3.05, 3.63) is 59.7 Å². The summed E-state index contributed by atoms with van der Waals surface area (Å²) in [6.45, 7) is 1.98. The van der Waals surface area contributed by atoms with Crippen LogP contribution in [0.1, 0.15) is 50.2 Å². The van der Waals surface area contributed by atoms with Crippen molar-refractivity contribution in [3.63, 3.8) is 0 Å². The number of aromatic hydroxyl groups is 4. The van der Waals surface area contributed by atoms with Gasteiger partial charge in [-0.2, -0.15) is 0 Å². The van der Waals surface area contributed by atoms with Crippen molar-refractivity contribution >= 4 is 29.7 Å². The van der Waals surface area contributed by atoms with Crippen molar-refractivity contribution < 1.29 is 39.9 Å². The number of hydrogen-bond acceptors (Lipinski definition) is 7. The maximum absolute atomic E-state index is 13.1. The minimum absolute atomic E-state index is 0.198. The zero-order valence-electron chi connectivity index (χ0n) is 18.8. The number of rotatable bonds is 12. The number of benzene rings is 2. The summed E-state index contributed by atoms with van der Waals surface area (Å²) in [7, 11) is 0. The number of phenolic OH excluding ortho intramolecular Hbond substituents is 4. The Bertz CT molecular complexity index is 1040. The number of carbonyl (C=O) groups excluding carboxylic acids is 2. The van der Waals surface area contributed by atoms with Crippen molar-refractivity contribution in [1.29, 1.82) is 0 Å². The van der Waals surface area contributed by atoms with Gasteiger partial charge < -0.3 is 25.5 Å². The van der Waals surface area contributed by atoms with Crippen LogP contribution in [0.3, 0.4) is 0 Å². The van der Waals surface area contributed by atoms with Crippen LogP contribution in [0.15, 0.2) is 48.6 Å². The molecule has 0 heterocycles. The number of hydrogen-bond donors (Lipinski definition) is 5. The Morgan fingerprint density at radius 3 is 1.59 bits per heavy atom. The van der Waals surface area contributed by atoms with E-state index in [1.165, 1.54) is 48.6 Å². The summed E-state index contributed by atoms with van der Waals surface area (Å²) in [5, 5.41) is 48.1. The highest BCUT2D eigenvalue weighted by Crippen LogP contribution is 2.32. The highest BCUT2D eigenvalue weighted by molar-refractivity contribution is 6.28. The Hall–Kier alpha value is -4.07. The van der Waals surface area contributed by atoms with Gasteiger partial charge in [-0.25, -0.2) is 0 Å². The zero-order chi connectivity index (χ0) is 25.3. The number of allylic oxidation sites excluding steroid dienone is 2. The number of carboxylic acid groups (broad SMARTS) is 1. The summed E-state index contributed by atoms with van der Waals surface area (Å²) >= 11 is 0. The van der Waals surface area contributed by atoms with Crippen LogP contribution >= 0.6 is 0 Å². The van der Waals surface area contributed by atoms with E-state index < -0.39 is 34.4 Å². The molecule has 0 aliphatic carbocycles. The predicted molar refractivity (Wildman–Crippen MR) is 126 cm³/mol. The Morgan fingerprint density at radius 1 is 0.735 bits per heavy atom. The molecule has 34 heavy (non-hydrogen) atoms. The molecule has 0 unspecified atom stereocenters. The lowest BCUT2D eigenvalue weighted by molar-refractivity contribution is -0.157. The molecule has 0 radical (unpaired) electrons. The number of ketones is 2. The van der Waals surface area contributed by atoms with Gasteiger partial charge in [-0.1, -0.05) is 56.9 Å². The van der Waals surface area contributed by atoms with Gasteiger partial charge in [0.25, 0.3) is 0 Å². The highest BCUT2D eigenvalue weighted by atomic mass is 16.4. The molecule has 0 aliphatic rings. The van der Waals surface area contributed by atoms with Crippen LogP contribution in [0, 0.1) is 5.41 Å². The lowest BCUT2D eigenvalue weighted by Gasteiger charge is -2.24. The zero-order valence-corrected chi connectivity index (χ0v) is 18.8. The Kier molecular flexibility index (Phi) is 9.01. The summed E-state index contributed by atoms with van der Waals surface area (Å²) in [6.07, 6.45) is 7.00. The molecular formula is C26H28O8. The lowest BCUT2D eigenvalue weighted by Crippen LogP contribution is -2.45. The summed E-state index contributed by atoms with van der Waals surface area (Å²) < 4.78 is 0. The normalized spacial score (nSPS) is 11.8. The fourth-order valence-electron chi connectivity index (χ4n) is 3.42. The SMILES string of the molecule is CCCCCCC(C(=O)O)(C(=O)/C=C/c1ccc(O)c(O)c1)C(=O)/C=C/c1ccc(O)c(O)c1. The Morgan fingerprint density at radius 2 is 1.21 bits per heavy atom. The van der Waals surface area contributed by atoms with E-state index in [0.717, 1.165) is 25.0 Å². The largest absolute Gasteiger partial charge is 0.504 e. The second-order valence-corrected chi connectivity index (χ2v) is 7.91. The maximum Gasteiger partial charge on any atom is 0.325 e. The molecule has 8 nitrogen and oxygen atoms in total. The lowest BCUT2D eigenvalue weighted by atomic mass is 9.74. The number of unbranched alkanes of at least 4 members (excludes halogenated alkanes) is 3. The second kappa shape index (κ2) is 11.7. The third kappa shape index (κ3) is 6.25. The molecule has 2 aromatic rings. The third-order valence-corrected chi connectivity index (χ3v) is 5.46. The number of carboxylic acids is 1. The van der Waals surface area contributed by atoms with E-state index in [4.69, 9.17) is 0 Å². The molecule has 0 aromatic heterocycles. The van der Waals surface area contributed by atoms with Crippen LogP contribution in [0.5, 0.6) is 23.0 Å². The van der Waals surface area contributed by atoms with Crippen LogP contribution in [-0.2, 0) is 14.4 Å². The van der Waals surface area contributed by atoms with Crippen molar-refractivity contribution in [1.82, 2.24) is 0 Å². The Balaban J connectivity index is 2.40. The quantitative estimate of drug-likeness (QED) is 0.133. The van der Waals surface area contributed by atoms with Crippen molar-refractivity contribution in [2.45, 2.75) is 39.0 Å². The molecule has 0 amide bonds. The molecule has 180 valence electrons. The van der Waals surface area contributed by atoms with E-state index in [1.807, 2.05) is 6.92 Å². The van der Waals surface area contributed by atoms with Crippen molar-refractivity contribution in [2.75, 3.05) is 0 Å². The molecule has 2 rings (SSSR count). The van der Waals surface area contributed by atoms with Gasteiger partial charge in [-0.05, 0) is 54.0 Å². The van der Waals surface area contributed by atoms with E-state index in [2.05, 4.69) is 0 Å². The Labute approximate surface area is 197 Å². The molecule has 0 fully saturated rings. The third-order valence-electron chi connectivity index (χ3n) is 5.46. The fourth-order valence-corrected chi connectivity index (χ4v) is 3.42. The first-order valence-corrected chi connectivity index (χ1v) is 10.8. The van der Waals surface area contributed by atoms with Crippen LogP contribution in [0.25, 0.3) is 12.2 Å². The van der Waals surface area contributed by atoms with Gasteiger partial charge in [-0.3, -0.25) is 14.4 Å². The van der Waals surface area contributed by atoms with Gasteiger partial charge in [0.15, 0.2) is 40.0 Å². The first-order valence-electron chi connectivity index (χ1n) is 10.8. The van der Waals surface area contributed by atoms with Crippen LogP contribution < -0.4 is 0 Å². The van der Waals surface area contributed by atoms with E-state index in [0.29, 0.717) is 24.0 Å². The summed E-state index contributed by atoms with van der Waals surface area (Å²) in [5.41, 5.74) is -1.69. The van der Waals surface area contributed by atoms with E-state index in [-0.39, 0.29) is 17.9 Å². The molecule has 0 aliphatic heterocycles. The van der Waals surface area contributed by atoms with Crippen molar-refractivity contribution in [2.24, 2.45) is 5.41 Å². The second-order valence-electron chi connectivity index (χ2n) is 7.91. The predicted octanol–water partition coefficient (Wildman–Crippen LogP) is 4.42. The van der Waals surface area contributed by atoms with Gasteiger partial charge in [0, 0.05) is 0 Å². The number of carbonyl (C=O) groups is 3. The first-order chi connectivity index (χ1) is 16.1. The standard InChI is InChI=1S/C26H28O8/c1-2-3-4-5-14-26(25(33)34,23(31)12-8-17-6-10-19(27)21(29)15-17)24(32)13-9-18-7-11-20(28)22(30)16-18/h6-13,15-16,27-30H,2-5,14H2,1H3,(H,33,34)/b12-8+,13-9+. The highest BCUT2D eigenvalue weighted by Gasteiger charge is 2.49. The van der Waals surface area contributed by atoms with Gasteiger partial charge in [-0.15, -0.1) is 0 Å². The molecule has 0 spiro atoms. The molecule has 8 heteroatoms. The molecule has 0 bridgehead atoms. The summed E-state index contributed by atoms with van der Waals surface area (Å²) in [5.74, 6) is -4.93. The molecular weight excluding hydrogens is 440 g/mol. The number of aliphatic carboxylic acids is 1. The van der Waals surface area contributed by atoms with Gasteiger partial charge in [0.2, 0.25) is 0 Å².